The van der Waals surface area contributed by atoms with E-state index >= 15 is 0 Å². The zero-order chi connectivity index (χ0) is 22.3. The molecule has 3 rings (SSSR count). The van der Waals surface area contributed by atoms with Crippen LogP contribution in [-0.4, -0.2) is 28.3 Å². The first-order valence-corrected chi connectivity index (χ1v) is 10.3. The minimum absolute atomic E-state index is 0. The minimum atomic E-state index is -1.06. The highest BCUT2D eigenvalue weighted by atomic mass is 35.5. The SMILES string of the molecule is CC(C)(Cc1ccccc1)NCC(O)c1cc(OCc2ccccc2)cc(C(=O)O)c1.Cl. The summed E-state index contributed by atoms with van der Waals surface area (Å²) in [5, 5.41) is 23.6. The Hall–Kier alpha value is -2.86. The summed E-state index contributed by atoms with van der Waals surface area (Å²) < 4.78 is 5.80. The highest BCUT2D eigenvalue weighted by Gasteiger charge is 2.21. The molecule has 0 aliphatic carbocycles. The summed E-state index contributed by atoms with van der Waals surface area (Å²) in [5.41, 5.74) is 2.54. The van der Waals surface area contributed by atoms with Crippen LogP contribution in [0.3, 0.4) is 0 Å². The number of benzene rings is 3. The monoisotopic (exact) mass is 455 g/mol. The van der Waals surface area contributed by atoms with Crippen LogP contribution in [0.15, 0.2) is 78.9 Å². The van der Waals surface area contributed by atoms with Crippen molar-refractivity contribution in [3.05, 3.63) is 101 Å². The smallest absolute Gasteiger partial charge is 0.335 e. The molecule has 3 N–H and O–H groups in total. The molecular formula is C26H30ClNO4. The Morgan fingerprint density at radius 3 is 2.16 bits per heavy atom. The largest absolute Gasteiger partial charge is 0.489 e. The van der Waals surface area contributed by atoms with Crippen molar-refractivity contribution in [3.8, 4) is 5.75 Å². The Balaban J connectivity index is 0.00000363. The van der Waals surface area contributed by atoms with Gasteiger partial charge in [0.2, 0.25) is 0 Å². The zero-order valence-corrected chi connectivity index (χ0v) is 19.1. The molecule has 0 bridgehead atoms. The Morgan fingerprint density at radius 2 is 1.56 bits per heavy atom. The summed E-state index contributed by atoms with van der Waals surface area (Å²) in [7, 11) is 0. The molecule has 170 valence electrons. The molecule has 0 aliphatic heterocycles. The van der Waals surface area contributed by atoms with Gasteiger partial charge in [0.05, 0.1) is 11.7 Å². The lowest BCUT2D eigenvalue weighted by molar-refractivity contribution is 0.0695. The molecule has 0 saturated heterocycles. The molecule has 0 aromatic heterocycles. The number of aliphatic hydroxyl groups is 1. The van der Waals surface area contributed by atoms with Crippen molar-refractivity contribution in [3.63, 3.8) is 0 Å². The van der Waals surface area contributed by atoms with E-state index in [-0.39, 0.29) is 23.5 Å². The van der Waals surface area contributed by atoms with Crippen LogP contribution < -0.4 is 10.1 Å². The van der Waals surface area contributed by atoms with Crippen LogP contribution in [-0.2, 0) is 13.0 Å². The van der Waals surface area contributed by atoms with Gasteiger partial charge in [0.15, 0.2) is 0 Å². The van der Waals surface area contributed by atoms with Crippen molar-refractivity contribution in [2.45, 2.75) is 38.5 Å². The number of β-amino-alcohol motifs (C(OH)–C–C–N with tert-alkyl or cyclic N) is 1. The van der Waals surface area contributed by atoms with Gasteiger partial charge in [-0.25, -0.2) is 4.79 Å². The molecule has 1 atom stereocenters. The quantitative estimate of drug-likeness (QED) is 0.399. The molecule has 0 amide bonds. The van der Waals surface area contributed by atoms with E-state index in [1.807, 2.05) is 48.5 Å². The van der Waals surface area contributed by atoms with Gasteiger partial charge in [0.1, 0.15) is 12.4 Å². The Labute approximate surface area is 195 Å². The lowest BCUT2D eigenvalue weighted by Crippen LogP contribution is -2.43. The number of carboxylic acid groups (broad SMARTS) is 1. The number of nitrogens with one attached hydrogen (secondary N) is 1. The molecule has 0 aliphatic rings. The van der Waals surface area contributed by atoms with Crippen molar-refractivity contribution in [1.82, 2.24) is 5.32 Å². The first-order chi connectivity index (χ1) is 14.8. The van der Waals surface area contributed by atoms with E-state index in [4.69, 9.17) is 4.74 Å². The number of hydrogen-bond donors (Lipinski definition) is 3. The number of rotatable bonds is 10. The third-order valence-corrected chi connectivity index (χ3v) is 5.07. The Morgan fingerprint density at radius 1 is 0.969 bits per heavy atom. The average Bonchev–Trinajstić information content (AvgIpc) is 2.77. The molecule has 6 heteroatoms. The minimum Gasteiger partial charge on any atom is -0.489 e. The van der Waals surface area contributed by atoms with Gasteiger partial charge in [-0.1, -0.05) is 60.7 Å². The molecule has 3 aromatic carbocycles. The van der Waals surface area contributed by atoms with E-state index in [1.165, 1.54) is 17.7 Å². The van der Waals surface area contributed by atoms with Gasteiger partial charge in [-0.15, -0.1) is 12.4 Å². The Bertz CT molecular complexity index is 993. The predicted molar refractivity (Wildman–Crippen MR) is 129 cm³/mol. The zero-order valence-electron chi connectivity index (χ0n) is 18.3. The van der Waals surface area contributed by atoms with Crippen LogP contribution in [0, 0.1) is 0 Å². The lowest BCUT2D eigenvalue weighted by atomic mass is 9.94. The van der Waals surface area contributed by atoms with Crippen LogP contribution in [0.4, 0.5) is 0 Å². The summed E-state index contributed by atoms with van der Waals surface area (Å²) in [6.07, 6.45) is -0.0605. The average molecular weight is 456 g/mol. The topological polar surface area (TPSA) is 78.8 Å². The molecule has 32 heavy (non-hydrogen) atoms. The van der Waals surface area contributed by atoms with Crippen LogP contribution in [0.1, 0.15) is 47.0 Å². The molecule has 0 heterocycles. The molecule has 0 fully saturated rings. The second-order valence-corrected chi connectivity index (χ2v) is 8.31. The molecule has 5 nitrogen and oxygen atoms in total. The second-order valence-electron chi connectivity index (χ2n) is 8.31. The molecular weight excluding hydrogens is 426 g/mol. The number of carboxylic acids is 1. The summed E-state index contributed by atoms with van der Waals surface area (Å²) in [5.74, 6) is -0.641. The second kappa shape index (κ2) is 11.7. The lowest BCUT2D eigenvalue weighted by Gasteiger charge is -2.28. The molecule has 0 saturated carbocycles. The van der Waals surface area contributed by atoms with Gasteiger partial charge in [0, 0.05) is 12.1 Å². The van der Waals surface area contributed by atoms with Gasteiger partial charge >= 0.3 is 5.97 Å². The van der Waals surface area contributed by atoms with Crippen molar-refractivity contribution < 1.29 is 19.7 Å². The third-order valence-electron chi connectivity index (χ3n) is 5.07. The van der Waals surface area contributed by atoms with E-state index in [1.54, 1.807) is 6.07 Å². The van der Waals surface area contributed by atoms with Crippen LogP contribution >= 0.6 is 12.4 Å². The molecule has 0 spiro atoms. The van der Waals surface area contributed by atoms with Gasteiger partial charge in [0.25, 0.3) is 0 Å². The van der Waals surface area contributed by atoms with E-state index in [0.29, 0.717) is 24.5 Å². The first-order valence-electron chi connectivity index (χ1n) is 10.3. The number of aliphatic hydroxyl groups excluding tert-OH is 1. The van der Waals surface area contributed by atoms with Crippen molar-refractivity contribution in [2.75, 3.05) is 6.54 Å². The number of ether oxygens (including phenoxy) is 1. The normalized spacial score (nSPS) is 12.0. The summed E-state index contributed by atoms with van der Waals surface area (Å²) in [6.45, 7) is 4.77. The van der Waals surface area contributed by atoms with E-state index in [2.05, 4.69) is 31.3 Å². The maximum Gasteiger partial charge on any atom is 0.335 e. The number of hydrogen-bond acceptors (Lipinski definition) is 4. The highest BCUT2D eigenvalue weighted by molar-refractivity contribution is 5.88. The van der Waals surface area contributed by atoms with Gasteiger partial charge in [-0.05, 0) is 55.2 Å². The summed E-state index contributed by atoms with van der Waals surface area (Å²) in [4.78, 5) is 11.6. The highest BCUT2D eigenvalue weighted by Crippen LogP contribution is 2.24. The van der Waals surface area contributed by atoms with Crippen LogP contribution in [0.25, 0.3) is 0 Å². The van der Waals surface area contributed by atoms with Gasteiger partial charge < -0.3 is 20.3 Å². The van der Waals surface area contributed by atoms with Crippen molar-refractivity contribution in [1.29, 1.82) is 0 Å². The molecule has 3 aromatic rings. The fourth-order valence-corrected chi connectivity index (χ4v) is 3.42. The standard InChI is InChI=1S/C26H29NO4.ClH/c1-26(2,16-19-9-5-3-6-10-19)27-17-24(28)21-13-22(25(29)30)15-23(14-21)31-18-20-11-7-4-8-12-20;/h3-15,24,27-28H,16-18H2,1-2H3,(H,29,30);1H. The number of halogens is 1. The van der Waals surface area contributed by atoms with Gasteiger partial charge in [-0.2, -0.15) is 0 Å². The van der Waals surface area contributed by atoms with E-state index in [0.717, 1.165) is 12.0 Å². The molecule has 0 radical (unpaired) electrons. The summed E-state index contributed by atoms with van der Waals surface area (Å²) in [6, 6.07) is 24.5. The van der Waals surface area contributed by atoms with E-state index < -0.39 is 12.1 Å². The third kappa shape index (κ3) is 7.68. The Kier molecular flexibility index (Phi) is 9.27. The number of aromatic carboxylic acids is 1. The maximum atomic E-state index is 11.6. The summed E-state index contributed by atoms with van der Waals surface area (Å²) >= 11 is 0. The fraction of sp³-hybridized carbons (Fsp3) is 0.269. The maximum absolute atomic E-state index is 11.6. The van der Waals surface area contributed by atoms with Crippen LogP contribution in [0.5, 0.6) is 5.75 Å². The van der Waals surface area contributed by atoms with Crippen LogP contribution in [0.2, 0.25) is 0 Å². The van der Waals surface area contributed by atoms with Crippen molar-refractivity contribution in [2.24, 2.45) is 0 Å². The molecule has 1 unspecified atom stereocenters. The van der Waals surface area contributed by atoms with Crippen molar-refractivity contribution >= 4 is 18.4 Å². The predicted octanol–water partition coefficient (Wildman–Crippen LogP) is 5.03. The fourth-order valence-electron chi connectivity index (χ4n) is 3.42. The van der Waals surface area contributed by atoms with Gasteiger partial charge in [-0.3, -0.25) is 0 Å². The number of carbonyl (C=O) groups is 1. The van der Waals surface area contributed by atoms with E-state index in [9.17, 15) is 15.0 Å². The first kappa shape index (κ1) is 25.4.